The van der Waals surface area contributed by atoms with E-state index >= 15 is 0 Å². The van der Waals surface area contributed by atoms with E-state index in [1.807, 2.05) is 0 Å². The van der Waals surface area contributed by atoms with Gasteiger partial charge in [-0.3, -0.25) is 4.79 Å². The third-order valence-electron chi connectivity index (χ3n) is 4.87. The van der Waals surface area contributed by atoms with E-state index < -0.39 is 0 Å². The Balaban J connectivity index is 1.83. The van der Waals surface area contributed by atoms with E-state index in [1.165, 1.54) is 4.88 Å². The second kappa shape index (κ2) is 6.83. The molecule has 5 nitrogen and oxygen atoms in total. The van der Waals surface area contributed by atoms with Gasteiger partial charge < -0.3 is 4.98 Å². The van der Waals surface area contributed by atoms with Crippen molar-refractivity contribution in [3.63, 3.8) is 0 Å². The number of hydrogen-bond acceptors (Lipinski definition) is 5. The average molecular weight is 372 g/mol. The van der Waals surface area contributed by atoms with Gasteiger partial charge in [0.2, 0.25) is 0 Å². The van der Waals surface area contributed by atoms with Gasteiger partial charge in [0.05, 0.1) is 22.6 Å². The molecule has 0 saturated heterocycles. The molecule has 0 saturated carbocycles. The Labute approximate surface area is 160 Å². The summed E-state index contributed by atoms with van der Waals surface area (Å²) in [6.45, 7) is 2.22. The van der Waals surface area contributed by atoms with Gasteiger partial charge >= 0.3 is 0 Å². The Morgan fingerprint density at radius 2 is 2.26 bits per heavy atom. The molecule has 1 N–H and O–H groups in total. The number of rotatable bonds is 2. The molecular weight excluding hydrogens is 356 g/mol. The summed E-state index contributed by atoms with van der Waals surface area (Å²) in [5.74, 6) is 0.884. The van der Waals surface area contributed by atoms with Gasteiger partial charge in [-0.1, -0.05) is 19.1 Å². The van der Waals surface area contributed by atoms with E-state index in [1.54, 1.807) is 41.7 Å². The molecule has 0 radical (unpaired) electrons. The van der Waals surface area contributed by atoms with Crippen LogP contribution in [0.1, 0.15) is 40.7 Å². The molecule has 2 heterocycles. The third kappa shape index (κ3) is 3.16. The van der Waals surface area contributed by atoms with Crippen LogP contribution >= 0.6 is 11.3 Å². The molecule has 1 aliphatic carbocycles. The van der Waals surface area contributed by atoms with Crippen molar-refractivity contribution in [3.05, 3.63) is 62.0 Å². The first kappa shape index (κ1) is 17.2. The minimum Gasteiger partial charge on any atom is -0.305 e. The molecule has 0 spiro atoms. The van der Waals surface area contributed by atoms with Crippen LogP contribution < -0.4 is 5.56 Å². The van der Waals surface area contributed by atoms with Crippen molar-refractivity contribution in [3.8, 4) is 12.1 Å². The number of aryl methyl sites for hydroxylation is 1. The number of aromatic amines is 1. The van der Waals surface area contributed by atoms with E-state index in [0.29, 0.717) is 27.3 Å². The highest BCUT2D eigenvalue weighted by molar-refractivity contribution is 7.18. The van der Waals surface area contributed by atoms with Crippen molar-refractivity contribution >= 4 is 33.2 Å². The molecule has 27 heavy (non-hydrogen) atoms. The Morgan fingerprint density at radius 1 is 1.41 bits per heavy atom. The highest BCUT2D eigenvalue weighted by Gasteiger charge is 2.23. The minimum atomic E-state index is -0.186. The first-order valence-corrected chi connectivity index (χ1v) is 9.57. The first-order chi connectivity index (χ1) is 13.1. The second-order valence-corrected chi connectivity index (χ2v) is 7.94. The molecule has 1 unspecified atom stereocenters. The average Bonchev–Trinajstić information content (AvgIpc) is 3.03. The number of fused-ring (bicyclic) bond motifs is 3. The maximum absolute atomic E-state index is 12.7. The lowest BCUT2D eigenvalue weighted by Gasteiger charge is -2.17. The number of benzene rings is 1. The fourth-order valence-corrected chi connectivity index (χ4v) is 4.88. The number of nitrogens with one attached hydrogen (secondary N) is 1. The molecule has 0 fully saturated rings. The highest BCUT2D eigenvalue weighted by atomic mass is 32.1. The predicted octanol–water partition coefficient (Wildman–Crippen LogP) is 4.05. The number of H-pyrrole nitrogens is 1. The molecular formula is C21H16N4OS. The quantitative estimate of drug-likeness (QED) is 0.687. The number of aromatic nitrogens is 2. The maximum Gasteiger partial charge on any atom is 0.260 e. The SMILES string of the molecule is CC1CCc2c(sc3nc(C(C#N)=Cc4cccc(C#N)c4)[nH]c(=O)c23)C1. The predicted molar refractivity (Wildman–Crippen MR) is 106 cm³/mol. The van der Waals surface area contributed by atoms with Gasteiger partial charge in [-0.05, 0) is 54.5 Å². The van der Waals surface area contributed by atoms with Gasteiger partial charge in [-0.15, -0.1) is 11.3 Å². The topological polar surface area (TPSA) is 93.3 Å². The number of thiophene rings is 1. The van der Waals surface area contributed by atoms with Crippen molar-refractivity contribution in [1.29, 1.82) is 10.5 Å². The minimum absolute atomic E-state index is 0.186. The Hall–Kier alpha value is -3.22. The zero-order chi connectivity index (χ0) is 19.0. The Bertz CT molecular complexity index is 1220. The first-order valence-electron chi connectivity index (χ1n) is 8.76. The molecule has 0 amide bonds. The van der Waals surface area contributed by atoms with Crippen LogP contribution in [0.3, 0.4) is 0 Å². The molecule has 6 heteroatoms. The summed E-state index contributed by atoms with van der Waals surface area (Å²) >= 11 is 1.56. The smallest absolute Gasteiger partial charge is 0.260 e. The van der Waals surface area contributed by atoms with Crippen LogP contribution in [0.2, 0.25) is 0 Å². The van der Waals surface area contributed by atoms with Gasteiger partial charge in [0.25, 0.3) is 5.56 Å². The van der Waals surface area contributed by atoms with Gasteiger partial charge in [0.1, 0.15) is 10.9 Å². The van der Waals surface area contributed by atoms with Gasteiger partial charge in [-0.25, -0.2) is 4.98 Å². The van der Waals surface area contributed by atoms with Crippen molar-refractivity contribution in [2.75, 3.05) is 0 Å². The number of nitriles is 2. The summed E-state index contributed by atoms with van der Waals surface area (Å²) in [6, 6.07) is 11.2. The fourth-order valence-electron chi connectivity index (χ4n) is 3.49. The molecule has 0 bridgehead atoms. The molecule has 1 aromatic carbocycles. The zero-order valence-electron chi connectivity index (χ0n) is 14.7. The van der Waals surface area contributed by atoms with Gasteiger partial charge in [0, 0.05) is 4.88 Å². The van der Waals surface area contributed by atoms with Crippen LogP contribution in [0.25, 0.3) is 21.9 Å². The normalized spacial score (nSPS) is 16.6. The summed E-state index contributed by atoms with van der Waals surface area (Å²) in [7, 11) is 0. The summed E-state index contributed by atoms with van der Waals surface area (Å²) in [5.41, 5.74) is 2.43. The number of hydrogen-bond donors (Lipinski definition) is 1. The van der Waals surface area contributed by atoms with Crippen LogP contribution in [0.5, 0.6) is 0 Å². The summed E-state index contributed by atoms with van der Waals surface area (Å²) in [6.07, 6.45) is 4.61. The standard InChI is InChI=1S/C21H16N4OS/c1-12-5-6-16-17(7-12)27-21-18(16)20(26)24-19(25-21)15(11-23)9-13-3-2-4-14(8-13)10-22/h2-4,8-9,12H,5-7H2,1H3,(H,24,25,26). The van der Waals surface area contributed by atoms with Crippen molar-refractivity contribution in [2.24, 2.45) is 5.92 Å². The van der Waals surface area contributed by atoms with E-state index in [0.717, 1.165) is 24.8 Å². The van der Waals surface area contributed by atoms with Crippen molar-refractivity contribution in [2.45, 2.75) is 26.2 Å². The summed E-state index contributed by atoms with van der Waals surface area (Å²) < 4.78 is 0. The second-order valence-electron chi connectivity index (χ2n) is 6.85. The molecule has 2 aromatic heterocycles. The molecule has 0 aliphatic heterocycles. The number of allylic oxidation sites excluding steroid dienone is 1. The van der Waals surface area contributed by atoms with E-state index in [9.17, 15) is 10.1 Å². The molecule has 3 aromatic rings. The maximum atomic E-state index is 12.7. The lowest BCUT2D eigenvalue weighted by Crippen LogP contribution is -2.14. The molecule has 4 rings (SSSR count). The third-order valence-corrected chi connectivity index (χ3v) is 6.02. The Morgan fingerprint density at radius 3 is 3.04 bits per heavy atom. The number of nitrogens with zero attached hydrogens (tertiary/aromatic N) is 3. The largest absolute Gasteiger partial charge is 0.305 e. The van der Waals surface area contributed by atoms with E-state index in [4.69, 9.17) is 5.26 Å². The van der Waals surface area contributed by atoms with Crippen molar-refractivity contribution < 1.29 is 0 Å². The van der Waals surface area contributed by atoms with Gasteiger partial charge in [0.15, 0.2) is 5.82 Å². The summed E-state index contributed by atoms with van der Waals surface area (Å²) in [4.78, 5) is 22.0. The lowest BCUT2D eigenvalue weighted by molar-refractivity contribution is 0.509. The molecule has 132 valence electrons. The monoisotopic (exact) mass is 372 g/mol. The van der Waals surface area contributed by atoms with Crippen LogP contribution in [0.4, 0.5) is 0 Å². The zero-order valence-corrected chi connectivity index (χ0v) is 15.6. The van der Waals surface area contributed by atoms with E-state index in [-0.39, 0.29) is 17.0 Å². The Kier molecular flexibility index (Phi) is 4.35. The molecule has 1 atom stereocenters. The summed E-state index contributed by atoms with van der Waals surface area (Å²) in [5, 5.41) is 19.3. The van der Waals surface area contributed by atoms with Crippen LogP contribution in [-0.2, 0) is 12.8 Å². The van der Waals surface area contributed by atoms with Crippen LogP contribution in [0, 0.1) is 28.6 Å². The molecule has 1 aliphatic rings. The van der Waals surface area contributed by atoms with E-state index in [2.05, 4.69) is 29.0 Å². The highest BCUT2D eigenvalue weighted by Crippen LogP contribution is 2.35. The van der Waals surface area contributed by atoms with Gasteiger partial charge in [-0.2, -0.15) is 10.5 Å². The lowest BCUT2D eigenvalue weighted by atomic mass is 9.89. The van der Waals surface area contributed by atoms with Crippen LogP contribution in [0.15, 0.2) is 29.1 Å². The van der Waals surface area contributed by atoms with Crippen LogP contribution in [-0.4, -0.2) is 9.97 Å². The fraction of sp³-hybridized carbons (Fsp3) is 0.238. The van der Waals surface area contributed by atoms with Crippen molar-refractivity contribution in [1.82, 2.24) is 9.97 Å².